The number of benzene rings is 1. The van der Waals surface area contributed by atoms with Crippen molar-refractivity contribution in [3.05, 3.63) is 77.4 Å². The molecule has 1 saturated heterocycles. The summed E-state index contributed by atoms with van der Waals surface area (Å²) in [5, 5.41) is 4.62. The van der Waals surface area contributed by atoms with Crippen LogP contribution in [0, 0.1) is 11.3 Å². The molecule has 1 amide bonds. The molecule has 7 nitrogen and oxygen atoms in total. The molecule has 1 aromatic carbocycles. The molecule has 2 aromatic heterocycles. The van der Waals surface area contributed by atoms with Crippen LogP contribution in [0.2, 0.25) is 0 Å². The maximum atomic E-state index is 13.6. The Labute approximate surface area is 239 Å². The monoisotopic (exact) mass is 543 g/mol. The van der Waals surface area contributed by atoms with E-state index in [1.807, 2.05) is 25.5 Å². The van der Waals surface area contributed by atoms with Crippen molar-refractivity contribution in [1.29, 1.82) is 0 Å². The number of hydrogen-bond acceptors (Lipinski definition) is 5. The van der Waals surface area contributed by atoms with Crippen LogP contribution in [0.3, 0.4) is 0 Å². The molecule has 0 atom stereocenters. The van der Waals surface area contributed by atoms with Crippen LogP contribution in [-0.2, 0) is 26.4 Å². The fourth-order valence-electron chi connectivity index (χ4n) is 6.46. The van der Waals surface area contributed by atoms with Crippen molar-refractivity contribution in [2.75, 3.05) is 32.8 Å². The lowest BCUT2D eigenvalue weighted by Crippen LogP contribution is -2.48. The standard InChI is InChI=1S/C33H45N5O2/c1-26(2)22-29-23-30(36(3)35-29)32(39)38-18-14-33(15-19-38)13-7-6-9-28-8-4-5-10-31(28)40-21-20-37(25-33)24-27-11-16-34-17-12-27/h4-5,8,10-12,16-17,23,26H,6-7,9,13-15,18-22,24-25H2,1-3H3. The highest BCUT2D eigenvalue weighted by Crippen LogP contribution is 2.39. The SMILES string of the molecule is CC(C)Cc1cc(C(=O)N2CCC3(CCCCc4ccccc4OCCN(Cc4ccncc4)C3)CC2)n(C)n1. The third-order valence-electron chi connectivity index (χ3n) is 8.63. The van der Waals surface area contributed by atoms with Crippen molar-refractivity contribution in [2.45, 2.75) is 65.3 Å². The maximum absolute atomic E-state index is 13.6. The molecule has 40 heavy (non-hydrogen) atoms. The molecular weight excluding hydrogens is 498 g/mol. The Morgan fingerprint density at radius 3 is 2.58 bits per heavy atom. The maximum Gasteiger partial charge on any atom is 0.272 e. The Hall–Kier alpha value is -3.19. The van der Waals surface area contributed by atoms with Crippen molar-refractivity contribution in [3.63, 3.8) is 0 Å². The van der Waals surface area contributed by atoms with E-state index in [9.17, 15) is 4.79 Å². The Morgan fingerprint density at radius 1 is 1.02 bits per heavy atom. The summed E-state index contributed by atoms with van der Waals surface area (Å²) < 4.78 is 8.10. The van der Waals surface area contributed by atoms with Gasteiger partial charge in [0.25, 0.3) is 5.91 Å². The van der Waals surface area contributed by atoms with E-state index in [2.05, 4.69) is 70.1 Å². The van der Waals surface area contributed by atoms with Gasteiger partial charge < -0.3 is 9.64 Å². The Bertz CT molecular complexity index is 1250. The second-order valence-electron chi connectivity index (χ2n) is 12.3. The molecule has 0 unspecified atom stereocenters. The fourth-order valence-corrected chi connectivity index (χ4v) is 6.46. The molecule has 214 valence electrons. The van der Waals surface area contributed by atoms with E-state index in [0.29, 0.717) is 18.2 Å². The predicted octanol–water partition coefficient (Wildman–Crippen LogP) is 5.54. The molecule has 4 heterocycles. The normalized spacial score (nSPS) is 18.6. The smallest absolute Gasteiger partial charge is 0.272 e. The number of para-hydroxylation sites is 1. The van der Waals surface area contributed by atoms with Gasteiger partial charge in [-0.2, -0.15) is 5.10 Å². The van der Waals surface area contributed by atoms with Gasteiger partial charge in [-0.3, -0.25) is 19.4 Å². The molecule has 0 aliphatic carbocycles. The first kappa shape index (κ1) is 28.3. The molecule has 7 heteroatoms. The molecule has 1 fully saturated rings. The molecule has 2 aliphatic rings. The first-order valence-corrected chi connectivity index (χ1v) is 15.0. The zero-order chi connectivity index (χ0) is 28.0. The van der Waals surface area contributed by atoms with E-state index in [1.54, 1.807) is 4.68 Å². The summed E-state index contributed by atoms with van der Waals surface area (Å²) in [6.45, 7) is 9.41. The van der Waals surface area contributed by atoms with E-state index in [-0.39, 0.29) is 11.3 Å². The van der Waals surface area contributed by atoms with Crippen molar-refractivity contribution < 1.29 is 9.53 Å². The predicted molar refractivity (Wildman–Crippen MR) is 158 cm³/mol. The van der Waals surface area contributed by atoms with Gasteiger partial charge in [-0.05, 0) is 85.3 Å². The van der Waals surface area contributed by atoms with Crippen LogP contribution in [0.1, 0.15) is 73.3 Å². The summed E-state index contributed by atoms with van der Waals surface area (Å²) in [5.41, 5.74) is 4.49. The summed E-state index contributed by atoms with van der Waals surface area (Å²) in [6, 6.07) is 14.7. The zero-order valence-corrected chi connectivity index (χ0v) is 24.5. The third-order valence-corrected chi connectivity index (χ3v) is 8.63. The fraction of sp³-hybridized carbons (Fsp3) is 0.545. The number of rotatable bonds is 5. The van der Waals surface area contributed by atoms with Gasteiger partial charge in [0.1, 0.15) is 18.1 Å². The van der Waals surface area contributed by atoms with Gasteiger partial charge in [0.05, 0.1) is 5.69 Å². The van der Waals surface area contributed by atoms with E-state index in [4.69, 9.17) is 4.74 Å². The summed E-state index contributed by atoms with van der Waals surface area (Å²) in [6.07, 6.45) is 11.3. The molecule has 5 rings (SSSR count). The lowest BCUT2D eigenvalue weighted by molar-refractivity contribution is 0.0355. The highest BCUT2D eigenvalue weighted by molar-refractivity contribution is 5.92. The summed E-state index contributed by atoms with van der Waals surface area (Å²) in [7, 11) is 1.90. The van der Waals surface area contributed by atoms with Crippen LogP contribution in [0.15, 0.2) is 54.9 Å². The minimum Gasteiger partial charge on any atom is -0.492 e. The summed E-state index contributed by atoms with van der Waals surface area (Å²) >= 11 is 0. The lowest BCUT2D eigenvalue weighted by Gasteiger charge is -2.45. The minimum atomic E-state index is 0.117. The molecule has 0 N–H and O–H groups in total. The number of amides is 1. The number of carbonyl (C=O) groups is 1. The number of nitrogens with zero attached hydrogens (tertiary/aromatic N) is 5. The van der Waals surface area contributed by atoms with Crippen molar-refractivity contribution in [3.8, 4) is 5.75 Å². The Kier molecular flexibility index (Phi) is 9.20. The average Bonchev–Trinajstić information content (AvgIpc) is 3.30. The zero-order valence-electron chi connectivity index (χ0n) is 24.5. The Balaban J connectivity index is 1.31. The molecule has 0 bridgehead atoms. The summed E-state index contributed by atoms with van der Waals surface area (Å²) in [5.74, 6) is 1.66. The van der Waals surface area contributed by atoms with Gasteiger partial charge in [-0.25, -0.2) is 0 Å². The van der Waals surface area contributed by atoms with E-state index in [0.717, 1.165) is 76.3 Å². The quantitative estimate of drug-likeness (QED) is 0.423. The number of pyridine rings is 1. The molecule has 2 aliphatic heterocycles. The highest BCUT2D eigenvalue weighted by atomic mass is 16.5. The van der Waals surface area contributed by atoms with Crippen LogP contribution in [-0.4, -0.2) is 63.3 Å². The van der Waals surface area contributed by atoms with Crippen LogP contribution in [0.4, 0.5) is 0 Å². The number of hydrogen-bond donors (Lipinski definition) is 0. The molecule has 0 radical (unpaired) electrons. The average molecular weight is 544 g/mol. The van der Waals surface area contributed by atoms with E-state index < -0.39 is 0 Å². The first-order valence-electron chi connectivity index (χ1n) is 15.0. The van der Waals surface area contributed by atoms with Crippen LogP contribution >= 0.6 is 0 Å². The number of ether oxygens (including phenoxy) is 1. The van der Waals surface area contributed by atoms with Gasteiger partial charge in [0.15, 0.2) is 0 Å². The number of aromatic nitrogens is 3. The van der Waals surface area contributed by atoms with E-state index in [1.165, 1.54) is 24.0 Å². The van der Waals surface area contributed by atoms with Gasteiger partial charge in [-0.15, -0.1) is 0 Å². The Morgan fingerprint density at radius 2 is 1.80 bits per heavy atom. The lowest BCUT2D eigenvalue weighted by atomic mass is 9.73. The second-order valence-corrected chi connectivity index (χ2v) is 12.3. The van der Waals surface area contributed by atoms with Crippen molar-refractivity contribution in [2.24, 2.45) is 18.4 Å². The van der Waals surface area contributed by atoms with Gasteiger partial charge in [0, 0.05) is 52.2 Å². The largest absolute Gasteiger partial charge is 0.492 e. The van der Waals surface area contributed by atoms with Crippen LogP contribution < -0.4 is 4.74 Å². The summed E-state index contributed by atoms with van der Waals surface area (Å²) in [4.78, 5) is 22.4. The highest BCUT2D eigenvalue weighted by Gasteiger charge is 2.38. The minimum absolute atomic E-state index is 0.117. The molecule has 0 saturated carbocycles. The number of likely N-dealkylation sites (tertiary alicyclic amines) is 1. The second kappa shape index (κ2) is 13.0. The van der Waals surface area contributed by atoms with Gasteiger partial charge in [-0.1, -0.05) is 38.5 Å². The van der Waals surface area contributed by atoms with Crippen LogP contribution in [0.25, 0.3) is 0 Å². The van der Waals surface area contributed by atoms with Gasteiger partial charge >= 0.3 is 0 Å². The number of carbonyl (C=O) groups excluding carboxylic acids is 1. The molecular formula is C33H45N5O2. The number of piperidine rings is 1. The molecule has 1 spiro atoms. The molecule has 3 aromatic rings. The third kappa shape index (κ3) is 7.11. The number of fused-ring (bicyclic) bond motifs is 1. The van der Waals surface area contributed by atoms with Crippen LogP contribution in [0.5, 0.6) is 5.75 Å². The van der Waals surface area contributed by atoms with E-state index >= 15 is 0 Å². The van der Waals surface area contributed by atoms with Crippen molar-refractivity contribution in [1.82, 2.24) is 24.6 Å². The van der Waals surface area contributed by atoms with Crippen molar-refractivity contribution >= 4 is 5.91 Å². The first-order chi connectivity index (χ1) is 19.4. The number of aryl methyl sites for hydroxylation is 2. The topological polar surface area (TPSA) is 63.5 Å². The van der Waals surface area contributed by atoms with Gasteiger partial charge in [0.2, 0.25) is 0 Å².